The average molecular weight is 224 g/mol. The largest absolute Gasteiger partial charge is 0.447 e. The maximum Gasteiger partial charge on any atom is 0.411 e. The molecule has 0 atom stereocenters. The molecule has 86 valence electrons. The van der Waals surface area contributed by atoms with Gasteiger partial charge in [-0.05, 0) is 0 Å². The highest BCUT2D eigenvalue weighted by Crippen LogP contribution is 2.13. The first-order valence-corrected chi connectivity index (χ1v) is 4.30. The van der Waals surface area contributed by atoms with E-state index in [9.17, 15) is 13.2 Å². The second kappa shape index (κ2) is 5.72. The maximum atomic E-state index is 11.6. The molecule has 1 heterocycles. The molecule has 1 aromatic heterocycles. The smallest absolute Gasteiger partial charge is 0.411 e. The molecule has 0 fully saturated rings. The van der Waals surface area contributed by atoms with Gasteiger partial charge < -0.3 is 14.5 Å². The molecule has 7 heteroatoms. The molecule has 0 aliphatic heterocycles. The highest BCUT2D eigenvalue weighted by atomic mass is 19.4. The van der Waals surface area contributed by atoms with Crippen LogP contribution in [0.4, 0.5) is 13.2 Å². The predicted octanol–water partition coefficient (Wildman–Crippen LogP) is 1.34. The van der Waals surface area contributed by atoms with E-state index in [1.807, 2.05) is 0 Å². The molecule has 15 heavy (non-hydrogen) atoms. The van der Waals surface area contributed by atoms with Crippen molar-refractivity contribution in [1.82, 2.24) is 10.3 Å². The Kier molecular flexibility index (Phi) is 4.57. The number of halogens is 3. The van der Waals surface area contributed by atoms with Gasteiger partial charge >= 0.3 is 6.18 Å². The Hall–Kier alpha value is -1.08. The van der Waals surface area contributed by atoms with Gasteiger partial charge in [0.05, 0.1) is 19.3 Å². The van der Waals surface area contributed by atoms with Gasteiger partial charge in [-0.2, -0.15) is 13.2 Å². The molecule has 0 aliphatic rings. The zero-order chi connectivity index (χ0) is 11.1. The number of hydrogen-bond donors (Lipinski definition) is 1. The minimum Gasteiger partial charge on any atom is -0.447 e. The lowest BCUT2D eigenvalue weighted by molar-refractivity contribution is -0.173. The summed E-state index contributed by atoms with van der Waals surface area (Å²) in [5.41, 5.74) is 0. The van der Waals surface area contributed by atoms with E-state index in [2.05, 4.69) is 15.0 Å². The van der Waals surface area contributed by atoms with Gasteiger partial charge in [-0.3, -0.25) is 0 Å². The molecule has 1 aromatic rings. The number of ether oxygens (including phenoxy) is 1. The van der Waals surface area contributed by atoms with E-state index in [0.717, 1.165) is 0 Å². The SMILES string of the molecule is FC(F)(F)COCCNCc1cnco1. The summed E-state index contributed by atoms with van der Waals surface area (Å²) in [4.78, 5) is 3.68. The fourth-order valence-corrected chi connectivity index (χ4v) is 0.873. The molecule has 0 amide bonds. The quantitative estimate of drug-likeness (QED) is 0.741. The minimum absolute atomic E-state index is 0.00759. The molecule has 1 N–H and O–H groups in total. The lowest BCUT2D eigenvalue weighted by Gasteiger charge is -2.07. The van der Waals surface area contributed by atoms with Crippen LogP contribution in [0.15, 0.2) is 17.0 Å². The Morgan fingerprint density at radius 3 is 2.87 bits per heavy atom. The van der Waals surface area contributed by atoms with Gasteiger partial charge in [0.2, 0.25) is 0 Å². The maximum absolute atomic E-state index is 11.6. The van der Waals surface area contributed by atoms with E-state index in [4.69, 9.17) is 4.42 Å². The van der Waals surface area contributed by atoms with Crippen molar-refractivity contribution in [2.45, 2.75) is 12.7 Å². The Balaban J connectivity index is 1.94. The first-order chi connectivity index (χ1) is 7.08. The Bertz CT molecular complexity index is 261. The van der Waals surface area contributed by atoms with Crippen molar-refractivity contribution >= 4 is 0 Å². The molecular weight excluding hydrogens is 213 g/mol. The standard InChI is InChI=1S/C8H11F3N2O2/c9-8(10,11)5-14-2-1-12-3-7-4-13-6-15-7/h4,6,12H,1-3,5H2. The van der Waals surface area contributed by atoms with E-state index in [0.29, 0.717) is 18.8 Å². The highest BCUT2D eigenvalue weighted by molar-refractivity contribution is 4.86. The number of nitrogens with zero attached hydrogens (tertiary/aromatic N) is 1. The molecule has 0 saturated carbocycles. The molecule has 0 spiro atoms. The summed E-state index contributed by atoms with van der Waals surface area (Å²) >= 11 is 0. The van der Waals surface area contributed by atoms with Crippen LogP contribution in [-0.2, 0) is 11.3 Å². The number of nitrogens with one attached hydrogen (secondary N) is 1. The Morgan fingerprint density at radius 2 is 2.27 bits per heavy atom. The second-order valence-electron chi connectivity index (χ2n) is 2.81. The van der Waals surface area contributed by atoms with E-state index in [1.54, 1.807) is 0 Å². The van der Waals surface area contributed by atoms with Crippen LogP contribution >= 0.6 is 0 Å². The zero-order valence-electron chi connectivity index (χ0n) is 7.88. The van der Waals surface area contributed by atoms with Gasteiger partial charge in [0.25, 0.3) is 0 Å². The Labute approximate surface area is 84.4 Å². The molecule has 0 unspecified atom stereocenters. The lowest BCUT2D eigenvalue weighted by atomic mass is 10.5. The molecule has 0 saturated heterocycles. The number of aromatic nitrogens is 1. The van der Waals surface area contributed by atoms with Gasteiger partial charge in [-0.1, -0.05) is 0 Å². The van der Waals surface area contributed by atoms with Crippen LogP contribution in [0.2, 0.25) is 0 Å². The first-order valence-electron chi connectivity index (χ1n) is 4.30. The molecule has 1 rings (SSSR count). The van der Waals surface area contributed by atoms with Crippen LogP contribution in [0.1, 0.15) is 5.76 Å². The minimum atomic E-state index is -4.26. The van der Waals surface area contributed by atoms with Gasteiger partial charge in [-0.25, -0.2) is 4.98 Å². The third-order valence-electron chi connectivity index (χ3n) is 1.47. The van der Waals surface area contributed by atoms with E-state index >= 15 is 0 Å². The predicted molar refractivity (Wildman–Crippen MR) is 45.1 cm³/mol. The fraction of sp³-hybridized carbons (Fsp3) is 0.625. The van der Waals surface area contributed by atoms with Gasteiger partial charge in [0.15, 0.2) is 6.39 Å². The molecule has 0 aliphatic carbocycles. The van der Waals surface area contributed by atoms with E-state index < -0.39 is 12.8 Å². The van der Waals surface area contributed by atoms with Crippen LogP contribution in [0.25, 0.3) is 0 Å². The van der Waals surface area contributed by atoms with Crippen molar-refractivity contribution in [3.63, 3.8) is 0 Å². The van der Waals surface area contributed by atoms with Gasteiger partial charge in [0, 0.05) is 6.54 Å². The summed E-state index contributed by atoms with van der Waals surface area (Å²) in [6.07, 6.45) is -1.44. The third-order valence-corrected chi connectivity index (χ3v) is 1.47. The lowest BCUT2D eigenvalue weighted by Crippen LogP contribution is -2.23. The summed E-state index contributed by atoms with van der Waals surface area (Å²) in [6.45, 7) is -0.448. The topological polar surface area (TPSA) is 47.3 Å². The molecule has 4 nitrogen and oxygen atoms in total. The average Bonchev–Trinajstić information content (AvgIpc) is 2.61. The van der Waals surface area contributed by atoms with Crippen molar-refractivity contribution in [3.8, 4) is 0 Å². The summed E-state index contributed by atoms with van der Waals surface area (Å²) < 4.78 is 44.1. The van der Waals surface area contributed by atoms with Crippen LogP contribution in [0.3, 0.4) is 0 Å². The van der Waals surface area contributed by atoms with E-state index in [1.165, 1.54) is 12.6 Å². The summed E-state index contributed by atoms with van der Waals surface area (Å²) in [5.74, 6) is 0.630. The van der Waals surface area contributed by atoms with Crippen molar-refractivity contribution in [2.75, 3.05) is 19.8 Å². The second-order valence-corrected chi connectivity index (χ2v) is 2.81. The first kappa shape index (κ1) is 12.0. The monoisotopic (exact) mass is 224 g/mol. The third kappa shape index (κ3) is 6.08. The van der Waals surface area contributed by atoms with Crippen molar-refractivity contribution in [3.05, 3.63) is 18.4 Å². The number of hydrogen-bond acceptors (Lipinski definition) is 4. The van der Waals surface area contributed by atoms with Crippen LogP contribution in [0, 0.1) is 0 Å². The van der Waals surface area contributed by atoms with Gasteiger partial charge in [0.1, 0.15) is 12.4 Å². The van der Waals surface area contributed by atoms with Crippen LogP contribution in [0.5, 0.6) is 0 Å². The van der Waals surface area contributed by atoms with E-state index in [-0.39, 0.29) is 6.61 Å². The number of alkyl halides is 3. The molecular formula is C8H11F3N2O2. The zero-order valence-corrected chi connectivity index (χ0v) is 7.88. The fourth-order valence-electron chi connectivity index (χ4n) is 0.873. The summed E-state index contributed by atoms with van der Waals surface area (Å²) in [5, 5.41) is 2.85. The number of oxazole rings is 1. The van der Waals surface area contributed by atoms with Gasteiger partial charge in [-0.15, -0.1) is 0 Å². The molecule has 0 radical (unpaired) electrons. The van der Waals surface area contributed by atoms with Crippen molar-refractivity contribution < 1.29 is 22.3 Å². The van der Waals surface area contributed by atoms with Crippen molar-refractivity contribution in [2.24, 2.45) is 0 Å². The molecule has 0 aromatic carbocycles. The normalized spacial score (nSPS) is 11.9. The summed E-state index contributed by atoms with van der Waals surface area (Å²) in [6, 6.07) is 0. The van der Waals surface area contributed by atoms with Crippen LogP contribution < -0.4 is 5.32 Å². The van der Waals surface area contributed by atoms with Crippen LogP contribution in [-0.4, -0.2) is 30.9 Å². The molecule has 0 bridgehead atoms. The highest BCUT2D eigenvalue weighted by Gasteiger charge is 2.27. The van der Waals surface area contributed by atoms with Crippen molar-refractivity contribution in [1.29, 1.82) is 0 Å². The Morgan fingerprint density at radius 1 is 1.47 bits per heavy atom. The summed E-state index contributed by atoms with van der Waals surface area (Å²) in [7, 11) is 0. The number of rotatable bonds is 6.